The van der Waals surface area contributed by atoms with Crippen LogP contribution in [-0.2, 0) is 9.59 Å². The van der Waals surface area contributed by atoms with E-state index >= 15 is 0 Å². The molecule has 0 aliphatic heterocycles. The average molecular weight is 194 g/mol. The number of allylic oxidation sites excluding steroid dienone is 1. The Bertz CT molecular complexity index is 261. The maximum Gasteiger partial charge on any atom is 0.239 e. The van der Waals surface area contributed by atoms with Gasteiger partial charge in [-0.2, -0.15) is 4.99 Å². The SMILES string of the molecule is CCCC(CCC=CN=C=O)N=C=O. The summed E-state index contributed by atoms with van der Waals surface area (Å²) in [6.07, 6.45) is 9.56. The highest BCUT2D eigenvalue weighted by molar-refractivity contribution is 5.34. The van der Waals surface area contributed by atoms with Gasteiger partial charge in [0.05, 0.1) is 6.04 Å². The Hall–Kier alpha value is -1.50. The van der Waals surface area contributed by atoms with Crippen LogP contribution in [0.4, 0.5) is 0 Å². The highest BCUT2D eigenvalue weighted by atomic mass is 16.1. The van der Waals surface area contributed by atoms with Crippen LogP contribution in [0.5, 0.6) is 0 Å². The summed E-state index contributed by atoms with van der Waals surface area (Å²) in [7, 11) is 0. The van der Waals surface area contributed by atoms with Crippen molar-refractivity contribution in [1.29, 1.82) is 0 Å². The first-order valence-electron chi connectivity index (χ1n) is 4.64. The molecule has 76 valence electrons. The number of hydrogen-bond acceptors (Lipinski definition) is 4. The van der Waals surface area contributed by atoms with Crippen LogP contribution >= 0.6 is 0 Å². The average Bonchev–Trinajstić information content (AvgIpc) is 2.18. The van der Waals surface area contributed by atoms with Crippen molar-refractivity contribution in [2.45, 2.75) is 38.6 Å². The molecule has 0 aromatic carbocycles. The van der Waals surface area contributed by atoms with Gasteiger partial charge in [0.15, 0.2) is 0 Å². The van der Waals surface area contributed by atoms with E-state index in [4.69, 9.17) is 0 Å². The maximum absolute atomic E-state index is 10.0. The Labute approximate surface area is 83.4 Å². The number of isocyanates is 2. The van der Waals surface area contributed by atoms with Crippen molar-refractivity contribution in [2.75, 3.05) is 0 Å². The van der Waals surface area contributed by atoms with E-state index in [-0.39, 0.29) is 6.04 Å². The first kappa shape index (κ1) is 12.5. The van der Waals surface area contributed by atoms with E-state index in [1.165, 1.54) is 12.3 Å². The highest BCUT2D eigenvalue weighted by Gasteiger charge is 2.03. The first-order valence-corrected chi connectivity index (χ1v) is 4.64. The molecular formula is C10H14N2O2. The van der Waals surface area contributed by atoms with E-state index in [1.807, 2.05) is 6.92 Å². The van der Waals surface area contributed by atoms with Gasteiger partial charge in [0.25, 0.3) is 0 Å². The third kappa shape index (κ3) is 7.17. The van der Waals surface area contributed by atoms with Crippen LogP contribution in [0, 0.1) is 0 Å². The van der Waals surface area contributed by atoms with Gasteiger partial charge in [-0.05, 0) is 19.3 Å². The Balaban J connectivity index is 3.81. The van der Waals surface area contributed by atoms with Gasteiger partial charge in [0.1, 0.15) is 0 Å². The Morgan fingerprint density at radius 3 is 2.64 bits per heavy atom. The highest BCUT2D eigenvalue weighted by Crippen LogP contribution is 2.08. The smallest absolute Gasteiger partial charge is 0.211 e. The van der Waals surface area contributed by atoms with Crippen LogP contribution in [-0.4, -0.2) is 18.2 Å². The molecule has 1 unspecified atom stereocenters. The second-order valence-electron chi connectivity index (χ2n) is 2.85. The fourth-order valence-electron chi connectivity index (χ4n) is 1.13. The predicted molar refractivity (Wildman–Crippen MR) is 53.3 cm³/mol. The molecule has 0 heterocycles. The molecule has 4 nitrogen and oxygen atoms in total. The maximum atomic E-state index is 10.0. The lowest BCUT2D eigenvalue weighted by molar-refractivity contribution is 0.535. The molecule has 14 heavy (non-hydrogen) atoms. The summed E-state index contributed by atoms with van der Waals surface area (Å²) in [5, 5.41) is 0. The number of aliphatic imine (C=N–C) groups is 2. The second-order valence-corrected chi connectivity index (χ2v) is 2.85. The molecule has 0 spiro atoms. The largest absolute Gasteiger partial charge is 0.239 e. The monoisotopic (exact) mass is 194 g/mol. The van der Waals surface area contributed by atoms with Crippen LogP contribution < -0.4 is 0 Å². The van der Waals surface area contributed by atoms with Crippen LogP contribution in [0.1, 0.15) is 32.6 Å². The molecule has 0 aromatic rings. The van der Waals surface area contributed by atoms with Gasteiger partial charge in [-0.15, -0.1) is 0 Å². The van der Waals surface area contributed by atoms with Crippen molar-refractivity contribution in [3.05, 3.63) is 12.3 Å². The summed E-state index contributed by atoms with van der Waals surface area (Å²) < 4.78 is 0. The zero-order chi connectivity index (χ0) is 10.6. The third-order valence-corrected chi connectivity index (χ3v) is 1.76. The van der Waals surface area contributed by atoms with Gasteiger partial charge >= 0.3 is 0 Å². The van der Waals surface area contributed by atoms with Crippen molar-refractivity contribution >= 4 is 12.2 Å². The molecule has 0 aliphatic rings. The fraction of sp³-hybridized carbons (Fsp3) is 0.600. The van der Waals surface area contributed by atoms with E-state index in [0.29, 0.717) is 0 Å². The number of nitrogens with zero attached hydrogens (tertiary/aromatic N) is 2. The normalized spacial score (nSPS) is 11.8. The van der Waals surface area contributed by atoms with Crippen molar-refractivity contribution in [1.82, 2.24) is 0 Å². The molecule has 0 saturated carbocycles. The summed E-state index contributed by atoms with van der Waals surface area (Å²) in [6.45, 7) is 2.04. The first-order chi connectivity index (χ1) is 6.85. The summed E-state index contributed by atoms with van der Waals surface area (Å²) in [5.41, 5.74) is 0. The molecule has 0 N–H and O–H groups in total. The van der Waals surface area contributed by atoms with Crippen molar-refractivity contribution < 1.29 is 9.59 Å². The van der Waals surface area contributed by atoms with Crippen LogP contribution in [0.2, 0.25) is 0 Å². The van der Waals surface area contributed by atoms with Crippen LogP contribution in [0.3, 0.4) is 0 Å². The van der Waals surface area contributed by atoms with Crippen LogP contribution in [0.25, 0.3) is 0 Å². The number of hydrogen-bond donors (Lipinski definition) is 0. The third-order valence-electron chi connectivity index (χ3n) is 1.76. The summed E-state index contributed by atoms with van der Waals surface area (Å²) in [6, 6.07) is 0.0439. The molecule has 0 bridgehead atoms. The molecule has 0 fully saturated rings. The Kier molecular flexibility index (Phi) is 8.56. The van der Waals surface area contributed by atoms with E-state index in [1.54, 1.807) is 12.2 Å². The summed E-state index contributed by atoms with van der Waals surface area (Å²) >= 11 is 0. The minimum Gasteiger partial charge on any atom is -0.211 e. The molecule has 0 amide bonds. The van der Waals surface area contributed by atoms with Crippen molar-refractivity contribution in [3.8, 4) is 0 Å². The van der Waals surface area contributed by atoms with Crippen LogP contribution in [0.15, 0.2) is 22.3 Å². The van der Waals surface area contributed by atoms with Gasteiger partial charge in [-0.1, -0.05) is 19.4 Å². The standard InChI is InChI=1S/C10H14N2O2/c1-2-5-10(12-9-14)6-3-4-7-11-8-13/h4,7,10H,2-3,5-6H2,1H3. The van der Waals surface area contributed by atoms with Gasteiger partial charge in [-0.3, -0.25) is 0 Å². The predicted octanol–water partition coefficient (Wildman–Crippen LogP) is 2.12. The van der Waals surface area contributed by atoms with Gasteiger partial charge in [0, 0.05) is 6.20 Å². The lowest BCUT2D eigenvalue weighted by Gasteiger charge is -2.05. The van der Waals surface area contributed by atoms with Gasteiger partial charge in [0.2, 0.25) is 12.2 Å². The van der Waals surface area contributed by atoms with Crippen molar-refractivity contribution in [3.63, 3.8) is 0 Å². The molecule has 0 radical (unpaired) electrons. The van der Waals surface area contributed by atoms with E-state index in [0.717, 1.165) is 25.7 Å². The fourth-order valence-corrected chi connectivity index (χ4v) is 1.13. The van der Waals surface area contributed by atoms with E-state index < -0.39 is 0 Å². The molecule has 0 saturated heterocycles. The lowest BCUT2D eigenvalue weighted by atomic mass is 10.1. The molecule has 1 atom stereocenters. The van der Waals surface area contributed by atoms with Gasteiger partial charge in [-0.25, -0.2) is 14.6 Å². The topological polar surface area (TPSA) is 58.9 Å². The minimum absolute atomic E-state index is 0.0439. The quantitative estimate of drug-likeness (QED) is 0.460. The van der Waals surface area contributed by atoms with E-state index in [9.17, 15) is 9.59 Å². The summed E-state index contributed by atoms with van der Waals surface area (Å²) in [5.74, 6) is 0. The van der Waals surface area contributed by atoms with Crippen molar-refractivity contribution in [2.24, 2.45) is 9.98 Å². The Morgan fingerprint density at radius 1 is 1.29 bits per heavy atom. The Morgan fingerprint density at radius 2 is 2.07 bits per heavy atom. The van der Waals surface area contributed by atoms with Gasteiger partial charge < -0.3 is 0 Å². The second kappa shape index (κ2) is 9.59. The number of rotatable bonds is 7. The zero-order valence-electron chi connectivity index (χ0n) is 8.27. The van der Waals surface area contributed by atoms with E-state index in [2.05, 4.69) is 9.98 Å². The molecule has 0 aliphatic carbocycles. The molecule has 0 aromatic heterocycles. The lowest BCUT2D eigenvalue weighted by Crippen LogP contribution is -2.02. The summed E-state index contributed by atoms with van der Waals surface area (Å²) in [4.78, 5) is 26.7. The molecule has 4 heteroatoms. The minimum atomic E-state index is 0.0439. The zero-order valence-corrected chi connectivity index (χ0v) is 8.27. The number of carbonyl (C=O) groups excluding carboxylic acids is 2. The molecular weight excluding hydrogens is 180 g/mol. The molecule has 0 rings (SSSR count).